The fourth-order valence-corrected chi connectivity index (χ4v) is 1.59. The number of carboxylic acid groups (broad SMARTS) is 1. The van der Waals surface area contributed by atoms with Crippen LogP contribution in [-0.4, -0.2) is 46.4 Å². The zero-order chi connectivity index (χ0) is 12.5. The number of alkyl halides is 1. The smallest absolute Gasteiger partial charge is 0.408 e. The molecule has 1 aliphatic rings. The average molecular weight is 233 g/mol. The van der Waals surface area contributed by atoms with E-state index in [-0.39, 0.29) is 13.0 Å². The molecule has 1 amide bonds. The first-order chi connectivity index (χ1) is 7.20. The second kappa shape index (κ2) is 4.27. The predicted molar refractivity (Wildman–Crippen MR) is 53.9 cm³/mol. The molecule has 0 aromatic rings. The van der Waals surface area contributed by atoms with Crippen LogP contribution in [0, 0.1) is 0 Å². The average Bonchev–Trinajstić information content (AvgIpc) is 2.44. The molecule has 0 spiro atoms. The van der Waals surface area contributed by atoms with Crippen molar-refractivity contribution in [3.8, 4) is 0 Å². The number of nitrogens with zero attached hydrogens (tertiary/aromatic N) is 1. The first-order valence-electron chi connectivity index (χ1n) is 5.07. The Morgan fingerprint density at radius 2 is 2.00 bits per heavy atom. The van der Waals surface area contributed by atoms with Gasteiger partial charge < -0.3 is 9.84 Å². The second-order valence-corrected chi connectivity index (χ2v) is 4.82. The first kappa shape index (κ1) is 12.7. The van der Waals surface area contributed by atoms with Crippen molar-refractivity contribution in [1.29, 1.82) is 0 Å². The maximum atomic E-state index is 13.1. The maximum Gasteiger partial charge on any atom is 0.408 e. The van der Waals surface area contributed by atoms with E-state index >= 15 is 0 Å². The molecular weight excluding hydrogens is 217 g/mol. The molecule has 1 N–H and O–H groups in total. The van der Waals surface area contributed by atoms with E-state index in [1.807, 2.05) is 0 Å². The van der Waals surface area contributed by atoms with Crippen LogP contribution in [0.1, 0.15) is 27.2 Å². The van der Waals surface area contributed by atoms with Gasteiger partial charge in [0.2, 0.25) is 0 Å². The molecule has 1 aliphatic heterocycles. The highest BCUT2D eigenvalue weighted by molar-refractivity contribution is 5.81. The van der Waals surface area contributed by atoms with E-state index in [2.05, 4.69) is 0 Å². The lowest BCUT2D eigenvalue weighted by Gasteiger charge is -2.25. The van der Waals surface area contributed by atoms with Crippen molar-refractivity contribution in [2.24, 2.45) is 0 Å². The second-order valence-electron chi connectivity index (χ2n) is 4.82. The zero-order valence-electron chi connectivity index (χ0n) is 9.57. The van der Waals surface area contributed by atoms with Gasteiger partial charge in [0.15, 0.2) is 0 Å². The van der Waals surface area contributed by atoms with E-state index in [1.54, 1.807) is 20.8 Å². The van der Waals surface area contributed by atoms with Gasteiger partial charge in [0.05, 0.1) is 6.54 Å². The van der Waals surface area contributed by atoms with E-state index in [1.165, 1.54) is 0 Å². The molecule has 0 radical (unpaired) electrons. The summed E-state index contributed by atoms with van der Waals surface area (Å²) in [5.41, 5.74) is -0.699. The Labute approximate surface area is 93.2 Å². The first-order valence-corrected chi connectivity index (χ1v) is 5.07. The fourth-order valence-electron chi connectivity index (χ4n) is 1.59. The summed E-state index contributed by atoms with van der Waals surface area (Å²) in [6, 6.07) is -1.02. The minimum Gasteiger partial charge on any atom is -0.465 e. The molecule has 0 saturated carbocycles. The minimum atomic E-state index is -1.30. The highest BCUT2D eigenvalue weighted by atomic mass is 19.1. The lowest BCUT2D eigenvalue weighted by atomic mass is 10.1. The van der Waals surface area contributed by atoms with Crippen molar-refractivity contribution in [3.63, 3.8) is 0 Å². The van der Waals surface area contributed by atoms with E-state index < -0.39 is 29.9 Å². The molecule has 5 nitrogen and oxygen atoms in total. The SMILES string of the molecule is CC(C)(C)OC(=O)[C@@H]1C[C@H](F)CN1C(=O)O. The number of likely N-dealkylation sites (tertiary alicyclic amines) is 1. The quantitative estimate of drug-likeness (QED) is 0.695. The summed E-state index contributed by atoms with van der Waals surface area (Å²) in [6.07, 6.45) is -2.72. The molecular formula is C10H16FNO4. The molecule has 1 heterocycles. The van der Waals surface area contributed by atoms with Crippen LogP contribution in [-0.2, 0) is 9.53 Å². The van der Waals surface area contributed by atoms with Gasteiger partial charge in [-0.15, -0.1) is 0 Å². The topological polar surface area (TPSA) is 66.8 Å². The van der Waals surface area contributed by atoms with Crippen LogP contribution < -0.4 is 0 Å². The van der Waals surface area contributed by atoms with Crippen molar-refractivity contribution in [2.75, 3.05) is 6.54 Å². The number of hydrogen-bond acceptors (Lipinski definition) is 3. The fraction of sp³-hybridized carbons (Fsp3) is 0.800. The summed E-state index contributed by atoms with van der Waals surface area (Å²) >= 11 is 0. The van der Waals surface area contributed by atoms with Crippen LogP contribution in [0.5, 0.6) is 0 Å². The Hall–Kier alpha value is -1.33. The van der Waals surface area contributed by atoms with Crippen molar-refractivity contribution in [2.45, 2.75) is 45.0 Å². The molecule has 0 aromatic heterocycles. The van der Waals surface area contributed by atoms with Crippen molar-refractivity contribution in [1.82, 2.24) is 4.90 Å². The number of carbonyl (C=O) groups is 2. The lowest BCUT2D eigenvalue weighted by molar-refractivity contribution is -0.159. The lowest BCUT2D eigenvalue weighted by Crippen LogP contribution is -2.42. The molecule has 1 fully saturated rings. The third-order valence-electron chi connectivity index (χ3n) is 2.17. The molecule has 2 atom stereocenters. The Morgan fingerprint density at radius 1 is 1.44 bits per heavy atom. The van der Waals surface area contributed by atoms with Gasteiger partial charge >= 0.3 is 12.1 Å². The van der Waals surface area contributed by atoms with E-state index in [9.17, 15) is 14.0 Å². The molecule has 0 aromatic carbocycles. The summed E-state index contributed by atoms with van der Waals surface area (Å²) < 4.78 is 18.1. The summed E-state index contributed by atoms with van der Waals surface area (Å²) in [7, 11) is 0. The Bertz CT molecular complexity index is 300. The monoisotopic (exact) mass is 233 g/mol. The molecule has 6 heteroatoms. The third-order valence-corrected chi connectivity index (χ3v) is 2.17. The van der Waals surface area contributed by atoms with Gasteiger partial charge in [-0.1, -0.05) is 0 Å². The van der Waals surface area contributed by atoms with Crippen molar-refractivity contribution < 1.29 is 23.8 Å². The van der Waals surface area contributed by atoms with Gasteiger partial charge in [-0.25, -0.2) is 14.0 Å². The van der Waals surface area contributed by atoms with Crippen LogP contribution >= 0.6 is 0 Å². The Balaban J connectivity index is 2.71. The van der Waals surface area contributed by atoms with Crippen LogP contribution in [0.2, 0.25) is 0 Å². The van der Waals surface area contributed by atoms with Crippen LogP contribution in [0.15, 0.2) is 0 Å². The van der Waals surface area contributed by atoms with Crippen LogP contribution in [0.4, 0.5) is 9.18 Å². The van der Waals surface area contributed by atoms with Gasteiger partial charge in [0, 0.05) is 6.42 Å². The number of esters is 1. The van der Waals surface area contributed by atoms with Crippen molar-refractivity contribution in [3.05, 3.63) is 0 Å². The van der Waals surface area contributed by atoms with Crippen molar-refractivity contribution >= 4 is 12.1 Å². The standard InChI is InChI=1S/C10H16FNO4/c1-10(2,3)16-8(13)7-4-6(11)5-12(7)9(14)15/h6-7H,4-5H2,1-3H3,(H,14,15)/t6-,7-/m0/s1. The Morgan fingerprint density at radius 3 is 2.44 bits per heavy atom. The van der Waals surface area contributed by atoms with Gasteiger partial charge in [0.25, 0.3) is 0 Å². The number of rotatable bonds is 1. The van der Waals surface area contributed by atoms with Gasteiger partial charge in [-0.3, -0.25) is 4.90 Å². The number of carbonyl (C=O) groups excluding carboxylic acids is 1. The predicted octanol–water partition coefficient (Wildman–Crippen LogP) is 1.42. The highest BCUT2D eigenvalue weighted by Gasteiger charge is 2.41. The molecule has 16 heavy (non-hydrogen) atoms. The third kappa shape index (κ3) is 3.08. The summed E-state index contributed by atoms with van der Waals surface area (Å²) in [6.45, 7) is 4.77. The summed E-state index contributed by atoms with van der Waals surface area (Å²) in [4.78, 5) is 23.2. The summed E-state index contributed by atoms with van der Waals surface area (Å²) in [5, 5.41) is 8.80. The van der Waals surface area contributed by atoms with Crippen LogP contribution in [0.25, 0.3) is 0 Å². The van der Waals surface area contributed by atoms with Gasteiger partial charge in [-0.05, 0) is 20.8 Å². The molecule has 0 unspecified atom stereocenters. The summed E-state index contributed by atoms with van der Waals surface area (Å²) in [5.74, 6) is -0.685. The zero-order valence-corrected chi connectivity index (χ0v) is 9.57. The molecule has 1 saturated heterocycles. The van der Waals surface area contributed by atoms with E-state index in [4.69, 9.17) is 9.84 Å². The van der Waals surface area contributed by atoms with E-state index in [0.29, 0.717) is 0 Å². The van der Waals surface area contributed by atoms with Crippen LogP contribution in [0.3, 0.4) is 0 Å². The number of amides is 1. The number of halogens is 1. The van der Waals surface area contributed by atoms with E-state index in [0.717, 1.165) is 4.90 Å². The molecule has 0 bridgehead atoms. The minimum absolute atomic E-state index is 0.124. The van der Waals surface area contributed by atoms with Gasteiger partial charge in [-0.2, -0.15) is 0 Å². The van der Waals surface area contributed by atoms with Gasteiger partial charge in [0.1, 0.15) is 17.8 Å². The maximum absolute atomic E-state index is 13.1. The molecule has 0 aliphatic carbocycles. The highest BCUT2D eigenvalue weighted by Crippen LogP contribution is 2.23. The molecule has 1 rings (SSSR count). The number of ether oxygens (including phenoxy) is 1. The molecule has 92 valence electrons. The largest absolute Gasteiger partial charge is 0.465 e. The normalized spacial score (nSPS) is 25.6. The number of hydrogen-bond donors (Lipinski definition) is 1. The Kier molecular flexibility index (Phi) is 3.40.